The maximum absolute atomic E-state index is 13.4. The molecule has 0 aromatic heterocycles. The third kappa shape index (κ3) is 2.96. The van der Waals surface area contributed by atoms with E-state index in [0.717, 1.165) is 6.07 Å². The molecule has 0 heterocycles. The van der Waals surface area contributed by atoms with E-state index in [-0.39, 0.29) is 5.56 Å². The van der Waals surface area contributed by atoms with Crippen molar-refractivity contribution < 1.29 is 13.6 Å². The third-order valence-corrected chi connectivity index (χ3v) is 2.86. The minimum atomic E-state index is -0.470. The van der Waals surface area contributed by atoms with Gasteiger partial charge in [-0.15, -0.1) is 0 Å². The quantitative estimate of drug-likeness (QED) is 0.874. The Bertz CT molecular complexity index is 638. The van der Waals surface area contributed by atoms with Gasteiger partial charge in [-0.05, 0) is 49.2 Å². The molecule has 4 heteroatoms. The van der Waals surface area contributed by atoms with Crippen molar-refractivity contribution in [1.29, 1.82) is 0 Å². The maximum atomic E-state index is 13.4. The molecule has 0 aliphatic rings. The SMILES string of the molecule is Cc1ccc(NC(=O)c2ccc(C)c(F)c2)cc1F. The zero-order valence-corrected chi connectivity index (χ0v) is 10.6. The van der Waals surface area contributed by atoms with Crippen LogP contribution >= 0.6 is 0 Å². The zero-order valence-electron chi connectivity index (χ0n) is 10.6. The third-order valence-electron chi connectivity index (χ3n) is 2.86. The maximum Gasteiger partial charge on any atom is 0.255 e. The molecule has 0 radical (unpaired) electrons. The van der Waals surface area contributed by atoms with Gasteiger partial charge in [0.05, 0.1) is 0 Å². The fraction of sp³-hybridized carbons (Fsp3) is 0.133. The van der Waals surface area contributed by atoms with E-state index < -0.39 is 17.5 Å². The summed E-state index contributed by atoms with van der Waals surface area (Å²) >= 11 is 0. The number of benzene rings is 2. The van der Waals surface area contributed by atoms with Gasteiger partial charge in [-0.3, -0.25) is 4.79 Å². The van der Waals surface area contributed by atoms with Crippen LogP contribution in [0.15, 0.2) is 36.4 Å². The molecule has 0 aliphatic heterocycles. The van der Waals surface area contributed by atoms with Gasteiger partial charge in [0.25, 0.3) is 5.91 Å². The summed E-state index contributed by atoms with van der Waals surface area (Å²) in [6, 6.07) is 8.62. The van der Waals surface area contributed by atoms with Crippen molar-refractivity contribution in [3.05, 3.63) is 64.7 Å². The van der Waals surface area contributed by atoms with E-state index in [1.165, 1.54) is 18.2 Å². The number of carbonyl (C=O) groups is 1. The molecule has 98 valence electrons. The molecular weight excluding hydrogens is 248 g/mol. The second kappa shape index (κ2) is 5.18. The number of nitrogens with one attached hydrogen (secondary N) is 1. The smallest absolute Gasteiger partial charge is 0.255 e. The van der Waals surface area contributed by atoms with E-state index in [9.17, 15) is 13.6 Å². The Morgan fingerprint density at radius 1 is 0.947 bits per heavy atom. The van der Waals surface area contributed by atoms with Crippen LogP contribution in [0.4, 0.5) is 14.5 Å². The normalized spacial score (nSPS) is 10.3. The number of hydrogen-bond acceptors (Lipinski definition) is 1. The molecule has 2 aromatic rings. The summed E-state index contributed by atoms with van der Waals surface area (Å²) in [7, 11) is 0. The summed E-state index contributed by atoms with van der Waals surface area (Å²) in [6.45, 7) is 3.25. The van der Waals surface area contributed by atoms with Gasteiger partial charge in [0.15, 0.2) is 0 Å². The van der Waals surface area contributed by atoms with Crippen molar-refractivity contribution in [2.45, 2.75) is 13.8 Å². The predicted octanol–water partition coefficient (Wildman–Crippen LogP) is 3.83. The molecule has 0 saturated carbocycles. The van der Waals surface area contributed by atoms with Gasteiger partial charge >= 0.3 is 0 Å². The lowest BCUT2D eigenvalue weighted by Gasteiger charge is -2.07. The highest BCUT2D eigenvalue weighted by Gasteiger charge is 2.09. The number of hydrogen-bond donors (Lipinski definition) is 1. The summed E-state index contributed by atoms with van der Waals surface area (Å²) in [5.74, 6) is -1.31. The van der Waals surface area contributed by atoms with Crippen LogP contribution < -0.4 is 5.32 Å². The number of amides is 1. The molecule has 0 fully saturated rings. The standard InChI is InChI=1S/C15H13F2NO/c1-9-3-5-11(7-13(9)16)15(19)18-12-6-4-10(2)14(17)8-12/h3-8H,1-2H3,(H,18,19). The van der Waals surface area contributed by atoms with Crippen LogP contribution in [-0.4, -0.2) is 5.91 Å². The molecule has 2 aromatic carbocycles. The van der Waals surface area contributed by atoms with Crippen LogP contribution in [-0.2, 0) is 0 Å². The Morgan fingerprint density at radius 2 is 1.53 bits per heavy atom. The summed E-state index contributed by atoms with van der Waals surface area (Å²) in [6.07, 6.45) is 0. The molecule has 0 aliphatic carbocycles. The first-order valence-electron chi connectivity index (χ1n) is 5.81. The Labute approximate surface area is 110 Å². The Hall–Kier alpha value is -2.23. The highest BCUT2D eigenvalue weighted by Crippen LogP contribution is 2.15. The monoisotopic (exact) mass is 261 g/mol. The molecule has 2 rings (SSSR count). The van der Waals surface area contributed by atoms with E-state index in [4.69, 9.17) is 0 Å². The molecule has 2 nitrogen and oxygen atoms in total. The first kappa shape index (κ1) is 13.2. The Kier molecular flexibility index (Phi) is 3.60. The largest absolute Gasteiger partial charge is 0.322 e. The van der Waals surface area contributed by atoms with Gasteiger partial charge < -0.3 is 5.32 Å². The van der Waals surface area contributed by atoms with E-state index in [1.54, 1.807) is 26.0 Å². The minimum Gasteiger partial charge on any atom is -0.322 e. The molecule has 0 spiro atoms. The molecule has 1 N–H and O–H groups in total. The molecule has 0 atom stereocenters. The van der Waals surface area contributed by atoms with E-state index >= 15 is 0 Å². The highest BCUT2D eigenvalue weighted by atomic mass is 19.1. The highest BCUT2D eigenvalue weighted by molar-refractivity contribution is 6.04. The van der Waals surface area contributed by atoms with Crippen molar-refractivity contribution in [3.8, 4) is 0 Å². The van der Waals surface area contributed by atoms with Gasteiger partial charge in [0.1, 0.15) is 11.6 Å². The molecule has 0 bridgehead atoms. The van der Waals surface area contributed by atoms with Gasteiger partial charge in [-0.2, -0.15) is 0 Å². The van der Waals surface area contributed by atoms with Crippen LogP contribution in [0.25, 0.3) is 0 Å². The second-order valence-corrected chi connectivity index (χ2v) is 4.38. The Morgan fingerprint density at radius 3 is 2.11 bits per heavy atom. The van der Waals surface area contributed by atoms with Crippen molar-refractivity contribution in [2.75, 3.05) is 5.32 Å². The average Bonchev–Trinajstić information content (AvgIpc) is 2.37. The predicted molar refractivity (Wildman–Crippen MR) is 70.2 cm³/mol. The van der Waals surface area contributed by atoms with E-state index in [1.807, 2.05) is 0 Å². The first-order valence-corrected chi connectivity index (χ1v) is 5.81. The number of aryl methyl sites for hydroxylation is 2. The first-order chi connectivity index (χ1) is 8.97. The summed E-state index contributed by atoms with van der Waals surface area (Å²) < 4.78 is 26.7. The summed E-state index contributed by atoms with van der Waals surface area (Å²) in [5.41, 5.74) is 1.51. The lowest BCUT2D eigenvalue weighted by molar-refractivity contribution is 0.102. The summed E-state index contributed by atoms with van der Waals surface area (Å²) in [5, 5.41) is 2.53. The number of rotatable bonds is 2. The molecular formula is C15H13F2NO. The van der Waals surface area contributed by atoms with Crippen molar-refractivity contribution in [2.24, 2.45) is 0 Å². The van der Waals surface area contributed by atoms with Crippen molar-refractivity contribution in [3.63, 3.8) is 0 Å². The molecule has 0 unspecified atom stereocenters. The van der Waals surface area contributed by atoms with Crippen molar-refractivity contribution >= 4 is 11.6 Å². The molecule has 19 heavy (non-hydrogen) atoms. The van der Waals surface area contributed by atoms with Crippen LogP contribution in [0.1, 0.15) is 21.5 Å². The second-order valence-electron chi connectivity index (χ2n) is 4.38. The van der Waals surface area contributed by atoms with Crippen LogP contribution in [0.2, 0.25) is 0 Å². The number of anilines is 1. The lowest BCUT2D eigenvalue weighted by Crippen LogP contribution is -2.12. The van der Waals surface area contributed by atoms with Gasteiger partial charge in [0.2, 0.25) is 0 Å². The van der Waals surface area contributed by atoms with Gasteiger partial charge in [-0.1, -0.05) is 12.1 Å². The average molecular weight is 261 g/mol. The van der Waals surface area contributed by atoms with Gasteiger partial charge in [-0.25, -0.2) is 8.78 Å². The van der Waals surface area contributed by atoms with Crippen LogP contribution in [0.3, 0.4) is 0 Å². The molecule has 0 saturated heterocycles. The van der Waals surface area contributed by atoms with Crippen LogP contribution in [0.5, 0.6) is 0 Å². The van der Waals surface area contributed by atoms with E-state index in [2.05, 4.69) is 5.32 Å². The van der Waals surface area contributed by atoms with Gasteiger partial charge in [0, 0.05) is 11.3 Å². The van der Waals surface area contributed by atoms with Crippen LogP contribution in [0, 0.1) is 25.5 Å². The topological polar surface area (TPSA) is 29.1 Å². The number of halogens is 2. The minimum absolute atomic E-state index is 0.198. The lowest BCUT2D eigenvalue weighted by atomic mass is 10.1. The fourth-order valence-corrected chi connectivity index (χ4v) is 1.61. The number of carbonyl (C=O) groups excluding carboxylic acids is 1. The Balaban J connectivity index is 2.20. The van der Waals surface area contributed by atoms with Crippen molar-refractivity contribution in [1.82, 2.24) is 0 Å². The summed E-state index contributed by atoms with van der Waals surface area (Å²) in [4.78, 5) is 11.9. The fourth-order valence-electron chi connectivity index (χ4n) is 1.61. The molecule has 1 amide bonds. The zero-order chi connectivity index (χ0) is 14.0. The van der Waals surface area contributed by atoms with E-state index in [0.29, 0.717) is 16.8 Å².